The highest BCUT2D eigenvalue weighted by Gasteiger charge is 2.18. The van der Waals surface area contributed by atoms with Gasteiger partial charge in [0.05, 0.1) is 28.9 Å². The van der Waals surface area contributed by atoms with Gasteiger partial charge in [-0.1, -0.05) is 11.6 Å². The van der Waals surface area contributed by atoms with Crippen LogP contribution in [0.2, 0.25) is 5.02 Å². The number of aryl methyl sites for hydroxylation is 1. The number of carbonyl (C=O) groups excluding carboxylic acids is 1. The summed E-state index contributed by atoms with van der Waals surface area (Å²) in [6, 6.07) is 7.91. The number of rotatable bonds is 6. The molecule has 0 aliphatic carbocycles. The number of carbonyl (C=O) groups is 1. The smallest absolute Gasteiger partial charge is 0.170 e. The second-order valence-electron chi connectivity index (χ2n) is 6.13. The molecule has 3 aromatic heterocycles. The average molecular weight is 400 g/mol. The van der Waals surface area contributed by atoms with Gasteiger partial charge in [0.25, 0.3) is 0 Å². The van der Waals surface area contributed by atoms with Gasteiger partial charge in [0.15, 0.2) is 11.9 Å². The summed E-state index contributed by atoms with van der Waals surface area (Å²) in [5.74, 6) is -0.514. The normalized spacial score (nSPS) is 11.2. The fraction of sp³-hybridized carbons (Fsp3) is 0.158. The van der Waals surface area contributed by atoms with E-state index in [2.05, 4.69) is 15.1 Å². The number of aliphatic hydroxyl groups excluding tert-OH is 1. The summed E-state index contributed by atoms with van der Waals surface area (Å²) in [7, 11) is 0. The Kier molecular flexibility index (Phi) is 4.89. The molecule has 4 aromatic rings. The average Bonchev–Trinajstić information content (AvgIpc) is 3.31. The molecular formula is C19H15ClFN5O2. The molecule has 0 radical (unpaired) electrons. The molecule has 0 spiro atoms. The monoisotopic (exact) mass is 399 g/mol. The lowest BCUT2D eigenvalue weighted by molar-refractivity contribution is 0.111. The molecule has 0 bridgehead atoms. The number of aromatic nitrogens is 5. The van der Waals surface area contributed by atoms with Crippen molar-refractivity contribution >= 4 is 23.5 Å². The Balaban J connectivity index is 1.91. The maximum atomic E-state index is 13.6. The highest BCUT2D eigenvalue weighted by atomic mass is 35.5. The summed E-state index contributed by atoms with van der Waals surface area (Å²) >= 11 is 5.95. The van der Waals surface area contributed by atoms with E-state index in [9.17, 15) is 14.3 Å². The van der Waals surface area contributed by atoms with Crippen LogP contribution in [0.5, 0.6) is 0 Å². The zero-order valence-corrected chi connectivity index (χ0v) is 15.3. The fourth-order valence-electron chi connectivity index (χ4n) is 3.01. The Labute approximate surface area is 164 Å². The Bertz CT molecular complexity index is 1170. The van der Waals surface area contributed by atoms with Crippen molar-refractivity contribution in [3.05, 3.63) is 59.4 Å². The van der Waals surface area contributed by atoms with Gasteiger partial charge in [-0.25, -0.2) is 18.9 Å². The molecule has 0 atom stereocenters. The zero-order valence-electron chi connectivity index (χ0n) is 14.6. The van der Waals surface area contributed by atoms with Gasteiger partial charge in [-0.2, -0.15) is 5.10 Å². The lowest BCUT2D eigenvalue weighted by Gasteiger charge is -2.10. The molecule has 1 N–H and O–H groups in total. The second-order valence-corrected chi connectivity index (χ2v) is 6.54. The van der Waals surface area contributed by atoms with Crippen LogP contribution in [0.3, 0.4) is 0 Å². The summed E-state index contributed by atoms with van der Waals surface area (Å²) < 4.78 is 16.9. The van der Waals surface area contributed by atoms with Gasteiger partial charge in [0.1, 0.15) is 17.2 Å². The van der Waals surface area contributed by atoms with E-state index in [-0.39, 0.29) is 11.6 Å². The lowest BCUT2D eigenvalue weighted by Crippen LogP contribution is -2.05. The number of hydrogen-bond donors (Lipinski definition) is 1. The van der Waals surface area contributed by atoms with Crippen LogP contribution in [-0.2, 0) is 6.54 Å². The lowest BCUT2D eigenvalue weighted by atomic mass is 10.1. The molecule has 28 heavy (non-hydrogen) atoms. The van der Waals surface area contributed by atoms with E-state index in [4.69, 9.17) is 11.6 Å². The first-order valence-electron chi connectivity index (χ1n) is 8.54. The predicted octanol–water partition coefficient (Wildman–Crippen LogP) is 3.25. The van der Waals surface area contributed by atoms with Gasteiger partial charge < -0.3 is 9.67 Å². The summed E-state index contributed by atoms with van der Waals surface area (Å²) in [6.07, 6.45) is 4.29. The molecule has 7 nitrogen and oxygen atoms in total. The number of nitrogens with zero attached hydrogens (tertiary/aromatic N) is 5. The van der Waals surface area contributed by atoms with Crippen LogP contribution in [0.15, 0.2) is 42.9 Å². The van der Waals surface area contributed by atoms with Gasteiger partial charge in [0, 0.05) is 18.7 Å². The number of imidazole rings is 2. The van der Waals surface area contributed by atoms with E-state index >= 15 is 0 Å². The number of fused-ring (bicyclic) bond motifs is 1. The van der Waals surface area contributed by atoms with Crippen molar-refractivity contribution in [1.82, 2.24) is 24.1 Å². The molecule has 0 amide bonds. The maximum absolute atomic E-state index is 13.6. The van der Waals surface area contributed by atoms with Crippen molar-refractivity contribution < 1.29 is 14.3 Å². The van der Waals surface area contributed by atoms with Gasteiger partial charge in [-0.15, -0.1) is 0 Å². The molecule has 0 saturated heterocycles. The van der Waals surface area contributed by atoms with Crippen molar-refractivity contribution in [2.45, 2.75) is 13.0 Å². The van der Waals surface area contributed by atoms with Crippen LogP contribution in [0.1, 0.15) is 16.9 Å². The molecule has 3 heterocycles. The van der Waals surface area contributed by atoms with Crippen LogP contribution in [0, 0.1) is 5.82 Å². The van der Waals surface area contributed by atoms with Gasteiger partial charge in [-0.05, 0) is 36.8 Å². The zero-order chi connectivity index (χ0) is 19.7. The third kappa shape index (κ3) is 3.17. The topological polar surface area (TPSA) is 85.3 Å². The molecule has 0 fully saturated rings. The quantitative estimate of drug-likeness (QED) is 0.503. The highest BCUT2D eigenvalue weighted by molar-refractivity contribution is 6.31. The minimum Gasteiger partial charge on any atom is -0.396 e. The van der Waals surface area contributed by atoms with Crippen molar-refractivity contribution in [3.63, 3.8) is 0 Å². The summed E-state index contributed by atoms with van der Waals surface area (Å²) in [5.41, 5.74) is 3.29. The van der Waals surface area contributed by atoms with E-state index in [0.717, 1.165) is 0 Å². The van der Waals surface area contributed by atoms with Crippen LogP contribution in [-0.4, -0.2) is 42.1 Å². The summed E-state index contributed by atoms with van der Waals surface area (Å²) in [5, 5.41) is 13.7. The standard InChI is InChI=1S/C19H15ClFN5O2/c20-14-8-12(2-3-15(14)21)18-19(25(11-23-18)6-1-7-27)16-4-5-17-22-9-13(10-28)26(17)24-16/h2-5,8-11,27H,1,6-7H2. The van der Waals surface area contributed by atoms with E-state index < -0.39 is 5.82 Å². The third-order valence-electron chi connectivity index (χ3n) is 4.34. The van der Waals surface area contributed by atoms with E-state index in [1.54, 1.807) is 24.5 Å². The van der Waals surface area contributed by atoms with E-state index in [1.807, 2.05) is 4.57 Å². The predicted molar refractivity (Wildman–Crippen MR) is 102 cm³/mol. The van der Waals surface area contributed by atoms with Gasteiger partial charge in [-0.3, -0.25) is 4.79 Å². The van der Waals surface area contributed by atoms with Crippen LogP contribution in [0.25, 0.3) is 28.3 Å². The SMILES string of the molecule is O=Cc1cnc2ccc(-c3c(-c4ccc(F)c(Cl)c4)ncn3CCCO)nn12. The van der Waals surface area contributed by atoms with Crippen molar-refractivity contribution in [2.24, 2.45) is 0 Å². The second kappa shape index (κ2) is 7.49. The van der Waals surface area contributed by atoms with Crippen molar-refractivity contribution in [3.8, 4) is 22.6 Å². The molecule has 9 heteroatoms. The minimum atomic E-state index is -0.514. The van der Waals surface area contributed by atoms with E-state index in [0.29, 0.717) is 53.2 Å². The molecule has 4 rings (SSSR count). The Morgan fingerprint density at radius 1 is 1.21 bits per heavy atom. The van der Waals surface area contributed by atoms with Crippen molar-refractivity contribution in [1.29, 1.82) is 0 Å². The molecule has 0 aliphatic rings. The summed E-state index contributed by atoms with van der Waals surface area (Å²) in [4.78, 5) is 19.9. The first-order valence-corrected chi connectivity index (χ1v) is 8.92. The molecule has 0 aliphatic heterocycles. The van der Waals surface area contributed by atoms with Crippen LogP contribution in [0.4, 0.5) is 4.39 Å². The third-order valence-corrected chi connectivity index (χ3v) is 4.63. The minimum absolute atomic E-state index is 0.00498. The van der Waals surface area contributed by atoms with E-state index in [1.165, 1.54) is 22.8 Å². The number of aldehydes is 1. The molecule has 1 aromatic carbocycles. The Morgan fingerprint density at radius 3 is 2.82 bits per heavy atom. The first-order chi connectivity index (χ1) is 13.6. The van der Waals surface area contributed by atoms with Gasteiger partial charge in [0.2, 0.25) is 0 Å². The molecule has 142 valence electrons. The van der Waals surface area contributed by atoms with Crippen molar-refractivity contribution in [2.75, 3.05) is 6.61 Å². The molecule has 0 unspecified atom stereocenters. The molecular weight excluding hydrogens is 385 g/mol. The highest BCUT2D eigenvalue weighted by Crippen LogP contribution is 2.32. The number of benzene rings is 1. The summed E-state index contributed by atoms with van der Waals surface area (Å²) in [6.45, 7) is 0.538. The maximum Gasteiger partial charge on any atom is 0.170 e. The Morgan fingerprint density at radius 2 is 2.07 bits per heavy atom. The Hall–Kier alpha value is -3.10. The largest absolute Gasteiger partial charge is 0.396 e. The number of halogens is 2. The van der Waals surface area contributed by atoms with Crippen LogP contribution >= 0.6 is 11.6 Å². The first kappa shape index (κ1) is 18.3. The fourth-order valence-corrected chi connectivity index (χ4v) is 3.19. The van der Waals surface area contributed by atoms with Gasteiger partial charge >= 0.3 is 0 Å². The van der Waals surface area contributed by atoms with Crippen LogP contribution < -0.4 is 0 Å². The number of hydrogen-bond acceptors (Lipinski definition) is 5. The molecule has 0 saturated carbocycles. The number of aliphatic hydroxyl groups is 1.